The van der Waals surface area contributed by atoms with Gasteiger partial charge in [-0.2, -0.15) is 13.2 Å². The van der Waals surface area contributed by atoms with Gasteiger partial charge in [0.15, 0.2) is 0 Å². The van der Waals surface area contributed by atoms with E-state index in [1.807, 2.05) is 0 Å². The molecule has 0 aliphatic carbocycles. The first-order valence-corrected chi connectivity index (χ1v) is 11.3. The maximum Gasteiger partial charge on any atom is 0.420 e. The molecular formula is C25H25F3N4O5. The fourth-order valence-electron chi connectivity index (χ4n) is 3.81. The number of nitrogens with zero attached hydrogens (tertiary/aromatic N) is 2. The van der Waals surface area contributed by atoms with Crippen molar-refractivity contribution in [2.75, 3.05) is 20.3 Å². The molecule has 0 saturated carbocycles. The minimum Gasteiger partial charge on any atom is -0.497 e. The van der Waals surface area contributed by atoms with Crippen molar-refractivity contribution in [1.82, 2.24) is 20.2 Å². The molecule has 2 N–H and O–H groups in total. The molecule has 1 aromatic heterocycles. The van der Waals surface area contributed by atoms with Gasteiger partial charge in [-0.25, -0.2) is 4.98 Å². The number of nitrogens with one attached hydrogen (secondary N) is 2. The Morgan fingerprint density at radius 3 is 2.49 bits per heavy atom. The van der Waals surface area contributed by atoms with Crippen LogP contribution in [0.3, 0.4) is 0 Å². The standard InChI is InChI=1S/C25H25F3N4O5/c1-32-13-20(30-15-32)22(33)31-24(9-10-36-14-24)23(34)29-12-16-3-5-17(6-4-16)37-21-8-7-18(35-2)11-19(21)25(26,27)28/h3-8,11,13,15H,9-10,12,14H2,1-2H3,(H,29,34)(H,31,33). The zero-order chi connectivity index (χ0) is 26.6. The van der Waals surface area contributed by atoms with Gasteiger partial charge in [-0.1, -0.05) is 12.1 Å². The largest absolute Gasteiger partial charge is 0.497 e. The van der Waals surface area contributed by atoms with Gasteiger partial charge in [0, 0.05) is 32.8 Å². The number of carbonyl (C=O) groups excluding carboxylic acids is 2. The van der Waals surface area contributed by atoms with E-state index in [9.17, 15) is 22.8 Å². The van der Waals surface area contributed by atoms with Crippen molar-refractivity contribution in [3.8, 4) is 17.2 Å². The van der Waals surface area contributed by atoms with Gasteiger partial charge in [-0.15, -0.1) is 0 Å². The number of hydrogen-bond acceptors (Lipinski definition) is 6. The van der Waals surface area contributed by atoms with E-state index in [0.29, 0.717) is 18.6 Å². The summed E-state index contributed by atoms with van der Waals surface area (Å²) in [5.41, 5.74) is -1.33. The van der Waals surface area contributed by atoms with Crippen LogP contribution in [0.25, 0.3) is 0 Å². The minimum atomic E-state index is -4.63. The van der Waals surface area contributed by atoms with Crippen LogP contribution in [0.15, 0.2) is 55.0 Å². The highest BCUT2D eigenvalue weighted by molar-refractivity contribution is 5.98. The van der Waals surface area contributed by atoms with Gasteiger partial charge in [0.1, 0.15) is 34.0 Å². The molecule has 1 aliphatic heterocycles. The number of amides is 2. The predicted molar refractivity (Wildman–Crippen MR) is 125 cm³/mol. The summed E-state index contributed by atoms with van der Waals surface area (Å²) < 4.78 is 57.6. The maximum atomic E-state index is 13.4. The molecule has 196 valence electrons. The Hall–Kier alpha value is -4.06. The molecule has 0 bridgehead atoms. The average Bonchev–Trinajstić information content (AvgIpc) is 3.53. The van der Waals surface area contributed by atoms with Gasteiger partial charge in [0.05, 0.1) is 20.0 Å². The Balaban J connectivity index is 1.40. The van der Waals surface area contributed by atoms with E-state index in [1.54, 1.807) is 29.9 Å². The molecule has 12 heteroatoms. The molecule has 2 heterocycles. The number of rotatable bonds is 8. The number of aromatic nitrogens is 2. The third-order valence-electron chi connectivity index (χ3n) is 5.84. The summed E-state index contributed by atoms with van der Waals surface area (Å²) in [6, 6.07) is 9.69. The lowest BCUT2D eigenvalue weighted by Crippen LogP contribution is -2.59. The van der Waals surface area contributed by atoms with Gasteiger partial charge in [0.25, 0.3) is 5.91 Å². The highest BCUT2D eigenvalue weighted by Gasteiger charge is 2.44. The van der Waals surface area contributed by atoms with Gasteiger partial charge < -0.3 is 29.4 Å². The summed E-state index contributed by atoms with van der Waals surface area (Å²) in [6.07, 6.45) is -1.30. The second-order valence-electron chi connectivity index (χ2n) is 8.55. The molecule has 1 unspecified atom stereocenters. The first-order valence-electron chi connectivity index (χ1n) is 11.3. The van der Waals surface area contributed by atoms with Crippen molar-refractivity contribution < 1.29 is 37.0 Å². The number of halogens is 3. The van der Waals surface area contributed by atoms with Crippen molar-refractivity contribution in [3.05, 3.63) is 71.8 Å². The van der Waals surface area contributed by atoms with Crippen molar-refractivity contribution in [1.29, 1.82) is 0 Å². The molecule has 0 radical (unpaired) electrons. The molecule has 4 rings (SSSR count). The lowest BCUT2D eigenvalue weighted by Gasteiger charge is -2.27. The van der Waals surface area contributed by atoms with Gasteiger partial charge in [-0.3, -0.25) is 9.59 Å². The minimum absolute atomic E-state index is 0.0214. The van der Waals surface area contributed by atoms with Crippen LogP contribution in [0.1, 0.15) is 28.0 Å². The summed E-state index contributed by atoms with van der Waals surface area (Å²) in [6.45, 7) is 0.456. The van der Waals surface area contributed by atoms with E-state index in [1.165, 1.54) is 37.7 Å². The van der Waals surface area contributed by atoms with Gasteiger partial charge in [0.2, 0.25) is 5.91 Å². The van der Waals surface area contributed by atoms with E-state index >= 15 is 0 Å². The van der Waals surface area contributed by atoms with E-state index in [2.05, 4.69) is 15.6 Å². The van der Waals surface area contributed by atoms with Crippen LogP contribution in [0.4, 0.5) is 13.2 Å². The lowest BCUT2D eigenvalue weighted by atomic mass is 9.97. The number of alkyl halides is 3. The van der Waals surface area contributed by atoms with Crippen LogP contribution in [0.5, 0.6) is 17.2 Å². The molecule has 3 aromatic rings. The van der Waals surface area contributed by atoms with Gasteiger partial charge >= 0.3 is 6.18 Å². The van der Waals surface area contributed by atoms with Crippen LogP contribution in [-0.4, -0.2) is 47.2 Å². The Bertz CT molecular complexity index is 1270. The third kappa shape index (κ3) is 6.02. The van der Waals surface area contributed by atoms with E-state index in [0.717, 1.165) is 6.07 Å². The van der Waals surface area contributed by atoms with Crippen molar-refractivity contribution in [3.63, 3.8) is 0 Å². The SMILES string of the molecule is COc1ccc(Oc2ccc(CNC(=O)C3(NC(=O)c4cn(C)cn4)CCOC3)cc2)c(C(F)(F)F)c1. The zero-order valence-corrected chi connectivity index (χ0v) is 20.1. The highest BCUT2D eigenvalue weighted by atomic mass is 19.4. The smallest absolute Gasteiger partial charge is 0.420 e. The van der Waals surface area contributed by atoms with Crippen molar-refractivity contribution >= 4 is 11.8 Å². The number of imidazole rings is 1. The highest BCUT2D eigenvalue weighted by Crippen LogP contribution is 2.40. The second kappa shape index (κ2) is 10.5. The third-order valence-corrected chi connectivity index (χ3v) is 5.84. The Morgan fingerprint density at radius 1 is 1.16 bits per heavy atom. The van der Waals surface area contributed by atoms with E-state index < -0.39 is 29.1 Å². The number of hydrogen-bond donors (Lipinski definition) is 2. The van der Waals surface area contributed by atoms with Crippen LogP contribution >= 0.6 is 0 Å². The van der Waals surface area contributed by atoms with Crippen LogP contribution < -0.4 is 20.1 Å². The summed E-state index contributed by atoms with van der Waals surface area (Å²) in [5.74, 6) is -1.01. The number of benzene rings is 2. The molecule has 2 amide bonds. The first kappa shape index (κ1) is 26.0. The average molecular weight is 518 g/mol. The Morgan fingerprint density at radius 2 is 1.89 bits per heavy atom. The summed E-state index contributed by atoms with van der Waals surface area (Å²) in [7, 11) is 3.01. The van der Waals surface area contributed by atoms with Crippen LogP contribution in [0.2, 0.25) is 0 Å². The quantitative estimate of drug-likeness (QED) is 0.474. The molecule has 0 spiro atoms. The second-order valence-corrected chi connectivity index (χ2v) is 8.55. The fraction of sp³-hybridized carbons (Fsp3) is 0.320. The molecule has 37 heavy (non-hydrogen) atoms. The van der Waals surface area contributed by atoms with Crippen molar-refractivity contribution in [2.24, 2.45) is 7.05 Å². The van der Waals surface area contributed by atoms with Crippen LogP contribution in [0, 0.1) is 0 Å². The maximum absolute atomic E-state index is 13.4. The Labute approximate surface area is 210 Å². The number of aryl methyl sites for hydroxylation is 1. The normalized spacial score (nSPS) is 17.3. The molecule has 1 atom stereocenters. The molecular weight excluding hydrogens is 493 g/mol. The van der Waals surface area contributed by atoms with E-state index in [-0.39, 0.29) is 36.1 Å². The van der Waals surface area contributed by atoms with Crippen LogP contribution in [-0.2, 0) is 29.3 Å². The zero-order valence-electron chi connectivity index (χ0n) is 20.1. The molecule has 1 aliphatic rings. The Kier molecular flexibility index (Phi) is 7.39. The number of methoxy groups -OCH3 is 1. The topological polar surface area (TPSA) is 104 Å². The molecule has 1 saturated heterocycles. The lowest BCUT2D eigenvalue weighted by molar-refractivity contribution is -0.138. The summed E-state index contributed by atoms with van der Waals surface area (Å²) in [4.78, 5) is 29.6. The van der Waals surface area contributed by atoms with Gasteiger partial charge in [-0.05, 0) is 35.9 Å². The monoisotopic (exact) mass is 518 g/mol. The molecule has 9 nitrogen and oxygen atoms in total. The molecule has 1 fully saturated rings. The number of carbonyl (C=O) groups is 2. The summed E-state index contributed by atoms with van der Waals surface area (Å²) >= 11 is 0. The summed E-state index contributed by atoms with van der Waals surface area (Å²) in [5, 5.41) is 5.54. The fourth-order valence-corrected chi connectivity index (χ4v) is 3.81. The first-order chi connectivity index (χ1) is 17.6. The van der Waals surface area contributed by atoms with Crippen molar-refractivity contribution in [2.45, 2.75) is 24.7 Å². The van der Waals surface area contributed by atoms with E-state index in [4.69, 9.17) is 14.2 Å². The predicted octanol–water partition coefficient (Wildman–Crippen LogP) is 3.45. The number of ether oxygens (including phenoxy) is 3. The molecule has 2 aromatic carbocycles.